The van der Waals surface area contributed by atoms with Gasteiger partial charge in [0.2, 0.25) is 0 Å². The van der Waals surface area contributed by atoms with Crippen LogP contribution in [0.25, 0.3) is 0 Å². The summed E-state index contributed by atoms with van der Waals surface area (Å²) in [4.78, 5) is 23.9. The number of amides is 2. The van der Waals surface area contributed by atoms with E-state index < -0.39 is 39.1 Å². The van der Waals surface area contributed by atoms with Crippen molar-refractivity contribution in [3.63, 3.8) is 0 Å². The van der Waals surface area contributed by atoms with Crippen molar-refractivity contribution in [2.24, 2.45) is 5.73 Å². The number of amidine groups is 1. The predicted molar refractivity (Wildman–Crippen MR) is 112 cm³/mol. The molecule has 0 radical (unpaired) electrons. The number of nitrogens with two attached hydrogens (primary N) is 1. The normalized spacial score (nSPS) is 19.9. The number of carbonyl (C=O) groups is 2. The topological polar surface area (TPSA) is 129 Å². The number of halogens is 5. The molecule has 2 aromatic carbocycles. The van der Waals surface area contributed by atoms with E-state index in [9.17, 15) is 34.1 Å². The zero-order chi connectivity index (χ0) is 24.7. The van der Waals surface area contributed by atoms with Crippen molar-refractivity contribution in [1.29, 1.82) is 5.41 Å². The monoisotopic (exact) mass is 494 g/mol. The van der Waals surface area contributed by atoms with Gasteiger partial charge in [-0.2, -0.15) is 0 Å². The number of ether oxygens (including phenoxy) is 1. The summed E-state index contributed by atoms with van der Waals surface area (Å²) in [5.41, 5.74) is 5.83. The fourth-order valence-electron chi connectivity index (χ4n) is 3.06. The maximum Gasteiger partial charge on any atom is 0.310 e. The third-order valence-corrected chi connectivity index (χ3v) is 5.90. The molecule has 2 amide bonds. The number of nitrogens with zero attached hydrogens (tertiary/aromatic N) is 1. The highest BCUT2D eigenvalue weighted by atomic mass is 32.5. The largest absolute Gasteiger partial charge is 0.384 e. The van der Waals surface area contributed by atoms with Gasteiger partial charge in [0, 0.05) is 23.5 Å². The van der Waals surface area contributed by atoms with E-state index in [1.54, 1.807) is 0 Å². The van der Waals surface area contributed by atoms with Gasteiger partial charge in [0.25, 0.3) is 11.8 Å². The average Bonchev–Trinajstić information content (AvgIpc) is 2.72. The number of aliphatic hydroxyl groups excluding tert-OH is 1. The van der Waals surface area contributed by atoms with Crippen LogP contribution in [0.4, 0.5) is 30.8 Å². The third-order valence-electron chi connectivity index (χ3n) is 4.73. The van der Waals surface area contributed by atoms with Crippen molar-refractivity contribution in [3.8, 4) is 0 Å². The molecule has 0 aromatic heterocycles. The van der Waals surface area contributed by atoms with Crippen LogP contribution in [-0.2, 0) is 14.3 Å². The molecule has 0 aliphatic carbocycles. The van der Waals surface area contributed by atoms with Gasteiger partial charge < -0.3 is 25.8 Å². The summed E-state index contributed by atoms with van der Waals surface area (Å²) in [6.07, 6.45) is -3.65. The van der Waals surface area contributed by atoms with Crippen molar-refractivity contribution >= 4 is 39.2 Å². The van der Waals surface area contributed by atoms with Crippen molar-refractivity contribution in [2.45, 2.75) is 17.1 Å². The first-order valence-corrected chi connectivity index (χ1v) is 11.2. The first-order chi connectivity index (χ1) is 15.1. The minimum absolute atomic E-state index is 0.133. The lowest BCUT2D eigenvalue weighted by Crippen LogP contribution is -2.55. The third kappa shape index (κ3) is 5.58. The lowest BCUT2D eigenvalue weighted by atomic mass is 10.1. The Morgan fingerprint density at radius 1 is 1.12 bits per heavy atom. The Morgan fingerprint density at radius 3 is 2.21 bits per heavy atom. The van der Waals surface area contributed by atoms with E-state index in [1.165, 1.54) is 24.3 Å². The Hall–Kier alpha value is -3.23. The Kier molecular flexibility index (Phi) is 5.68. The van der Waals surface area contributed by atoms with E-state index in [-0.39, 0.29) is 42.5 Å². The van der Waals surface area contributed by atoms with Crippen LogP contribution in [0.1, 0.15) is 5.56 Å². The van der Waals surface area contributed by atoms with E-state index >= 15 is 0 Å². The molecule has 1 fully saturated rings. The number of aliphatic hydroxyl groups is 1. The molecule has 1 saturated heterocycles. The van der Waals surface area contributed by atoms with E-state index in [4.69, 9.17) is 15.9 Å². The summed E-state index contributed by atoms with van der Waals surface area (Å²) in [7, 11) is -9.87. The van der Waals surface area contributed by atoms with Crippen LogP contribution in [0.2, 0.25) is 0 Å². The average molecular weight is 494 g/mol. The van der Waals surface area contributed by atoms with E-state index in [1.807, 2.05) is 0 Å². The van der Waals surface area contributed by atoms with Gasteiger partial charge in [-0.3, -0.25) is 15.0 Å². The first kappa shape index (κ1) is 24.4. The fourth-order valence-corrected chi connectivity index (χ4v) is 3.71. The molecule has 14 heteroatoms. The quantitative estimate of drug-likeness (QED) is 0.278. The molecule has 1 aliphatic rings. The highest BCUT2D eigenvalue weighted by Gasteiger charge is 2.65. The van der Waals surface area contributed by atoms with Gasteiger partial charge in [0.1, 0.15) is 10.7 Å². The molecule has 3 rings (SSSR count). The van der Waals surface area contributed by atoms with Crippen LogP contribution < -0.4 is 16.0 Å². The highest BCUT2D eigenvalue weighted by Crippen LogP contribution is 3.02. The summed E-state index contributed by atoms with van der Waals surface area (Å²) >= 11 is 0. The molecular formula is C19H19F5N4O4S. The number of nitrogen functional groups attached to an aromatic ring is 1. The van der Waals surface area contributed by atoms with Gasteiger partial charge >= 0.3 is 10.2 Å². The van der Waals surface area contributed by atoms with Crippen LogP contribution >= 0.6 is 10.2 Å². The highest BCUT2D eigenvalue weighted by molar-refractivity contribution is 8.45. The van der Waals surface area contributed by atoms with Crippen molar-refractivity contribution in [2.75, 3.05) is 23.4 Å². The second-order valence-electron chi connectivity index (χ2n) is 7.17. The SMILES string of the molecule is N=C(N)c1ccc(NC(=O)[C@H](O)C2OCCN(c3ccc(S(F)(F)(F)(F)F)cc3)C2=O)cc1. The molecule has 5 N–H and O–H groups in total. The molecule has 2 aromatic rings. The number of hydrogen-bond donors (Lipinski definition) is 4. The second kappa shape index (κ2) is 7.67. The maximum absolute atomic E-state index is 12.9. The lowest BCUT2D eigenvalue weighted by molar-refractivity contribution is -0.150. The zero-order valence-corrected chi connectivity index (χ0v) is 17.5. The Balaban J connectivity index is 1.73. The van der Waals surface area contributed by atoms with Gasteiger partial charge in [0.05, 0.1) is 6.61 Å². The molecule has 0 spiro atoms. The number of hydrogen-bond acceptors (Lipinski definition) is 5. The summed E-state index contributed by atoms with van der Waals surface area (Å²) in [5.74, 6) is -2.12. The molecule has 0 saturated carbocycles. The summed E-state index contributed by atoms with van der Waals surface area (Å²) in [6.45, 7) is -0.302. The molecule has 33 heavy (non-hydrogen) atoms. The van der Waals surface area contributed by atoms with Crippen molar-refractivity contribution in [3.05, 3.63) is 54.1 Å². The number of anilines is 2. The molecule has 180 valence electrons. The fraction of sp³-hybridized carbons (Fsp3) is 0.211. The second-order valence-corrected chi connectivity index (χ2v) is 9.58. The van der Waals surface area contributed by atoms with E-state index in [0.717, 1.165) is 4.90 Å². The number of benzene rings is 2. The number of morpholine rings is 1. The lowest BCUT2D eigenvalue weighted by Gasteiger charge is -2.40. The smallest absolute Gasteiger partial charge is 0.310 e. The zero-order valence-electron chi connectivity index (χ0n) is 16.7. The molecule has 0 bridgehead atoms. The number of rotatable bonds is 6. The van der Waals surface area contributed by atoms with Gasteiger partial charge in [-0.15, -0.1) is 0 Å². The minimum Gasteiger partial charge on any atom is -0.384 e. The number of nitrogens with one attached hydrogen (secondary N) is 2. The van der Waals surface area contributed by atoms with Crippen LogP contribution in [0.15, 0.2) is 53.4 Å². The van der Waals surface area contributed by atoms with Crippen molar-refractivity contribution < 1.29 is 38.9 Å². The van der Waals surface area contributed by atoms with Crippen LogP contribution in [-0.4, -0.2) is 48.1 Å². The molecule has 1 aliphatic heterocycles. The minimum atomic E-state index is -9.87. The van der Waals surface area contributed by atoms with Gasteiger partial charge in [0.15, 0.2) is 12.2 Å². The predicted octanol–water partition coefficient (Wildman–Crippen LogP) is 3.36. The standard InChI is InChI=1S/C19H19F5N4O4S/c20-33(21,22,23,24)14-7-5-13(6-8-14)28-9-10-32-16(19(28)31)15(29)18(30)27-12-3-1-11(2-4-12)17(25)26/h1-8,15-16,29H,9-10H2,(H3,25,26)(H,27,30)/t15-,16?/m1/s1. The summed E-state index contributed by atoms with van der Waals surface area (Å²) in [6, 6.07) is 7.47. The number of carbonyl (C=O) groups excluding carboxylic acids is 2. The summed E-state index contributed by atoms with van der Waals surface area (Å²) < 4.78 is 69.7. The molecule has 8 nitrogen and oxygen atoms in total. The Bertz CT molecular complexity index is 1100. The van der Waals surface area contributed by atoms with Gasteiger partial charge in [-0.05, 0) is 48.5 Å². The van der Waals surface area contributed by atoms with Crippen LogP contribution in [0.5, 0.6) is 0 Å². The van der Waals surface area contributed by atoms with E-state index in [0.29, 0.717) is 17.7 Å². The van der Waals surface area contributed by atoms with Crippen molar-refractivity contribution in [1.82, 2.24) is 0 Å². The Morgan fingerprint density at radius 2 is 1.70 bits per heavy atom. The Labute approximate surface area is 184 Å². The van der Waals surface area contributed by atoms with Crippen LogP contribution in [0, 0.1) is 5.41 Å². The molecular weight excluding hydrogens is 475 g/mol. The van der Waals surface area contributed by atoms with Crippen LogP contribution in [0.3, 0.4) is 0 Å². The van der Waals surface area contributed by atoms with Gasteiger partial charge in [-0.1, -0.05) is 19.4 Å². The first-order valence-electron chi connectivity index (χ1n) is 9.27. The molecule has 1 heterocycles. The summed E-state index contributed by atoms with van der Waals surface area (Å²) in [5, 5.41) is 20.0. The van der Waals surface area contributed by atoms with Gasteiger partial charge in [-0.25, -0.2) is 0 Å². The molecule has 2 atom stereocenters. The maximum atomic E-state index is 12.9. The molecule has 1 unspecified atom stereocenters. The van der Waals surface area contributed by atoms with E-state index in [2.05, 4.69) is 5.32 Å².